The molecule has 1 fully saturated rings. The predicted octanol–water partition coefficient (Wildman–Crippen LogP) is -1.11. The Morgan fingerprint density at radius 3 is 2.52 bits per heavy atom. The van der Waals surface area contributed by atoms with Crippen LogP contribution in [-0.2, 0) is 9.84 Å². The maximum Gasteiger partial charge on any atom is 0.272 e. The number of nitrogens with one attached hydrogen (secondary N) is 2. The van der Waals surface area contributed by atoms with Crippen molar-refractivity contribution in [2.24, 2.45) is 0 Å². The lowest BCUT2D eigenvalue weighted by molar-refractivity contribution is 0.0677. The number of amides is 1. The number of aromatic nitrogens is 2. The maximum absolute atomic E-state index is 12.5. The third kappa shape index (κ3) is 3.94. The van der Waals surface area contributed by atoms with Crippen LogP contribution in [0.5, 0.6) is 0 Å². The van der Waals surface area contributed by atoms with Crippen molar-refractivity contribution in [1.29, 1.82) is 0 Å². The topological polar surface area (TPSA) is 106 Å². The summed E-state index contributed by atoms with van der Waals surface area (Å²) in [6.07, 6.45) is 0.441. The molecule has 2 rings (SSSR count). The minimum atomic E-state index is -3.08. The van der Waals surface area contributed by atoms with Gasteiger partial charge in [0.15, 0.2) is 9.84 Å². The molecule has 0 aliphatic carbocycles. The molecule has 118 valence electrons. The van der Waals surface area contributed by atoms with Crippen molar-refractivity contribution in [2.45, 2.75) is 12.5 Å². The fraction of sp³-hybridized carbons (Fsp3) is 0.667. The van der Waals surface area contributed by atoms with E-state index in [1.807, 2.05) is 19.0 Å². The third-order valence-corrected chi connectivity index (χ3v) is 5.27. The average Bonchev–Trinajstić information content (AvgIpc) is 2.95. The van der Waals surface area contributed by atoms with E-state index in [1.54, 1.807) is 4.90 Å². The summed E-state index contributed by atoms with van der Waals surface area (Å²) in [4.78, 5) is 27.1. The number of carbonyl (C=O) groups excluding carboxylic acids is 1. The molecule has 1 aliphatic rings. The average molecular weight is 316 g/mol. The number of hydrogen-bond donors (Lipinski definition) is 2. The van der Waals surface area contributed by atoms with Gasteiger partial charge in [0.2, 0.25) is 0 Å². The quantitative estimate of drug-likeness (QED) is 0.717. The Morgan fingerprint density at radius 2 is 2.05 bits per heavy atom. The van der Waals surface area contributed by atoms with Crippen molar-refractivity contribution in [3.05, 3.63) is 22.1 Å². The summed E-state index contributed by atoms with van der Waals surface area (Å²) in [6.45, 7) is 1.04. The van der Waals surface area contributed by atoms with E-state index < -0.39 is 9.84 Å². The molecule has 2 heterocycles. The van der Waals surface area contributed by atoms with Crippen LogP contribution in [0.4, 0.5) is 0 Å². The number of sulfone groups is 1. The standard InChI is InChI=1S/C12H20N4O4S/c1-15(2)4-5-16(9-3-6-21(19,20)8-9)12(18)10-7-11(17)14-13-10/h7,9H,3-6,8H2,1-2H3,(H2,13,14,17). The number of H-pyrrole nitrogens is 2. The molecule has 0 saturated carbocycles. The van der Waals surface area contributed by atoms with E-state index in [1.165, 1.54) is 6.07 Å². The second kappa shape index (κ2) is 6.02. The zero-order chi connectivity index (χ0) is 15.6. The first-order chi connectivity index (χ1) is 9.78. The fourth-order valence-corrected chi connectivity index (χ4v) is 4.11. The van der Waals surface area contributed by atoms with E-state index in [2.05, 4.69) is 10.2 Å². The van der Waals surface area contributed by atoms with Gasteiger partial charge in [0.25, 0.3) is 11.5 Å². The van der Waals surface area contributed by atoms with Crippen LogP contribution in [0.1, 0.15) is 16.9 Å². The highest BCUT2D eigenvalue weighted by Gasteiger charge is 2.35. The normalized spacial score (nSPS) is 20.8. The molecule has 0 bridgehead atoms. The molecule has 0 aromatic carbocycles. The van der Waals surface area contributed by atoms with Gasteiger partial charge in [0.05, 0.1) is 11.5 Å². The molecule has 8 nitrogen and oxygen atoms in total. The summed E-state index contributed by atoms with van der Waals surface area (Å²) in [5.41, 5.74) is -0.229. The van der Waals surface area contributed by atoms with E-state index in [0.717, 1.165) is 0 Å². The largest absolute Gasteiger partial charge is 0.332 e. The SMILES string of the molecule is CN(C)CCN(C(=O)c1cc(=O)[nH][nH]1)C1CCS(=O)(=O)C1. The predicted molar refractivity (Wildman–Crippen MR) is 78.1 cm³/mol. The van der Waals surface area contributed by atoms with Gasteiger partial charge in [-0.3, -0.25) is 19.8 Å². The summed E-state index contributed by atoms with van der Waals surface area (Å²) in [5.74, 6) is -0.259. The minimum absolute atomic E-state index is 0.0131. The van der Waals surface area contributed by atoms with Crippen LogP contribution in [0.2, 0.25) is 0 Å². The van der Waals surface area contributed by atoms with Crippen LogP contribution in [0, 0.1) is 0 Å². The first kappa shape index (κ1) is 15.8. The highest BCUT2D eigenvalue weighted by Crippen LogP contribution is 2.19. The zero-order valence-corrected chi connectivity index (χ0v) is 12.9. The van der Waals surface area contributed by atoms with Gasteiger partial charge >= 0.3 is 0 Å². The summed E-state index contributed by atoms with van der Waals surface area (Å²) in [5, 5.41) is 4.85. The van der Waals surface area contributed by atoms with Gasteiger partial charge in [-0.05, 0) is 20.5 Å². The molecule has 1 aromatic rings. The number of hydrogen-bond acceptors (Lipinski definition) is 5. The zero-order valence-electron chi connectivity index (χ0n) is 12.1. The summed E-state index contributed by atoms with van der Waals surface area (Å²) in [7, 11) is 0.686. The number of carbonyl (C=O) groups is 1. The Morgan fingerprint density at radius 1 is 1.33 bits per heavy atom. The molecule has 1 saturated heterocycles. The van der Waals surface area contributed by atoms with Crippen LogP contribution in [-0.4, -0.2) is 79.1 Å². The number of aromatic amines is 2. The van der Waals surface area contributed by atoms with Gasteiger partial charge in [-0.25, -0.2) is 8.42 Å². The van der Waals surface area contributed by atoms with Gasteiger partial charge in [0.1, 0.15) is 5.69 Å². The first-order valence-electron chi connectivity index (χ1n) is 6.72. The Bertz CT molecular complexity index is 661. The van der Waals surface area contributed by atoms with Gasteiger partial charge < -0.3 is 9.80 Å². The molecule has 21 heavy (non-hydrogen) atoms. The Hall–Kier alpha value is -1.61. The molecule has 1 amide bonds. The lowest BCUT2D eigenvalue weighted by Gasteiger charge is -2.29. The van der Waals surface area contributed by atoms with E-state index >= 15 is 0 Å². The van der Waals surface area contributed by atoms with Crippen molar-refractivity contribution in [1.82, 2.24) is 20.0 Å². The van der Waals surface area contributed by atoms with E-state index in [0.29, 0.717) is 19.5 Å². The molecule has 1 unspecified atom stereocenters. The molecule has 0 radical (unpaired) electrons. The molecule has 1 aliphatic heterocycles. The van der Waals surface area contributed by atoms with E-state index in [-0.39, 0.29) is 34.7 Å². The summed E-state index contributed by atoms with van der Waals surface area (Å²) < 4.78 is 23.3. The minimum Gasteiger partial charge on any atom is -0.332 e. The number of nitrogens with zero attached hydrogens (tertiary/aromatic N) is 2. The summed E-state index contributed by atoms with van der Waals surface area (Å²) >= 11 is 0. The van der Waals surface area contributed by atoms with Crippen LogP contribution in [0.3, 0.4) is 0 Å². The Balaban J connectivity index is 2.19. The highest BCUT2D eigenvalue weighted by molar-refractivity contribution is 7.91. The molecule has 2 N–H and O–H groups in total. The maximum atomic E-state index is 12.5. The van der Waals surface area contributed by atoms with Crippen LogP contribution in [0.15, 0.2) is 10.9 Å². The third-order valence-electron chi connectivity index (χ3n) is 3.52. The lowest BCUT2D eigenvalue weighted by atomic mass is 10.2. The van der Waals surface area contributed by atoms with Crippen molar-refractivity contribution in [3.63, 3.8) is 0 Å². The van der Waals surface area contributed by atoms with Gasteiger partial charge in [-0.15, -0.1) is 0 Å². The number of likely N-dealkylation sites (N-methyl/N-ethyl adjacent to an activating group) is 1. The molecular weight excluding hydrogens is 296 g/mol. The second-order valence-electron chi connectivity index (χ2n) is 5.53. The Labute approximate surface area is 123 Å². The molecule has 1 atom stereocenters. The van der Waals surface area contributed by atoms with E-state index in [4.69, 9.17) is 0 Å². The monoisotopic (exact) mass is 316 g/mol. The number of rotatable bonds is 5. The molecule has 1 aromatic heterocycles. The van der Waals surface area contributed by atoms with Crippen LogP contribution >= 0.6 is 0 Å². The van der Waals surface area contributed by atoms with Crippen molar-refractivity contribution in [2.75, 3.05) is 38.7 Å². The fourth-order valence-electron chi connectivity index (χ4n) is 2.38. The second-order valence-corrected chi connectivity index (χ2v) is 7.76. The smallest absolute Gasteiger partial charge is 0.272 e. The van der Waals surface area contributed by atoms with Crippen LogP contribution in [0.25, 0.3) is 0 Å². The van der Waals surface area contributed by atoms with Crippen molar-refractivity contribution in [3.8, 4) is 0 Å². The molecule has 0 spiro atoms. The molecule has 9 heteroatoms. The molecular formula is C12H20N4O4S. The lowest BCUT2D eigenvalue weighted by Crippen LogP contribution is -2.44. The first-order valence-corrected chi connectivity index (χ1v) is 8.54. The van der Waals surface area contributed by atoms with E-state index in [9.17, 15) is 18.0 Å². The van der Waals surface area contributed by atoms with Gasteiger partial charge in [-0.2, -0.15) is 0 Å². The van der Waals surface area contributed by atoms with Crippen LogP contribution < -0.4 is 5.56 Å². The van der Waals surface area contributed by atoms with Crippen molar-refractivity contribution >= 4 is 15.7 Å². The summed E-state index contributed by atoms with van der Waals surface area (Å²) in [6, 6.07) is 0.856. The van der Waals surface area contributed by atoms with Crippen molar-refractivity contribution < 1.29 is 13.2 Å². The van der Waals surface area contributed by atoms with Gasteiger partial charge in [-0.1, -0.05) is 0 Å². The van der Waals surface area contributed by atoms with Gasteiger partial charge in [0, 0.05) is 25.2 Å². The Kier molecular flexibility index (Phi) is 4.52. The highest BCUT2D eigenvalue weighted by atomic mass is 32.2.